The first-order chi connectivity index (χ1) is 8.51. The van der Waals surface area contributed by atoms with Crippen LogP contribution < -0.4 is 9.47 Å². The normalized spacial score (nSPS) is 11.5. The van der Waals surface area contributed by atoms with Crippen molar-refractivity contribution in [3.05, 3.63) is 39.6 Å². The molecular weight excluding hydrogens is 234 g/mol. The Balaban J connectivity index is 3.32. The quantitative estimate of drug-likeness (QED) is 0.596. The second-order valence-electron chi connectivity index (χ2n) is 4.06. The first kappa shape index (κ1) is 14.0. The van der Waals surface area contributed by atoms with Crippen molar-refractivity contribution in [3.8, 4) is 11.5 Å². The number of rotatable bonds is 5. The van der Waals surface area contributed by atoms with Crippen LogP contribution in [0.15, 0.2) is 23.9 Å². The average molecular weight is 251 g/mol. The number of nitro groups is 1. The zero-order valence-corrected chi connectivity index (χ0v) is 11.0. The van der Waals surface area contributed by atoms with Gasteiger partial charge in [0.1, 0.15) is 0 Å². The summed E-state index contributed by atoms with van der Waals surface area (Å²) >= 11 is 0. The maximum atomic E-state index is 11.0. The van der Waals surface area contributed by atoms with Crippen molar-refractivity contribution in [2.45, 2.75) is 13.8 Å². The van der Waals surface area contributed by atoms with Gasteiger partial charge >= 0.3 is 0 Å². The summed E-state index contributed by atoms with van der Waals surface area (Å²) in [6, 6.07) is 5.27. The lowest BCUT2D eigenvalue weighted by Crippen LogP contribution is -2.05. The SMILES string of the molecule is COc1cccc(/C=C(/C(C)C)[N+](=O)[O-])c1OC. The highest BCUT2D eigenvalue weighted by Gasteiger charge is 2.18. The maximum Gasteiger partial charge on any atom is 0.249 e. The summed E-state index contributed by atoms with van der Waals surface area (Å²) in [5.74, 6) is 0.883. The Kier molecular flexibility index (Phi) is 4.71. The number of para-hydroxylation sites is 1. The molecule has 1 rings (SSSR count). The summed E-state index contributed by atoms with van der Waals surface area (Å²) in [7, 11) is 3.04. The molecule has 0 radical (unpaired) electrons. The lowest BCUT2D eigenvalue weighted by Gasteiger charge is -2.10. The largest absolute Gasteiger partial charge is 0.493 e. The van der Waals surface area contributed by atoms with Crippen molar-refractivity contribution >= 4 is 6.08 Å². The molecule has 0 aliphatic heterocycles. The van der Waals surface area contributed by atoms with Crippen LogP contribution in [0.3, 0.4) is 0 Å². The number of nitrogens with zero attached hydrogens (tertiary/aromatic N) is 1. The van der Waals surface area contributed by atoms with E-state index in [0.29, 0.717) is 17.1 Å². The van der Waals surface area contributed by atoms with Gasteiger partial charge in [0.15, 0.2) is 11.5 Å². The van der Waals surface area contributed by atoms with E-state index in [2.05, 4.69) is 0 Å². The molecular formula is C13H17NO4. The first-order valence-electron chi connectivity index (χ1n) is 5.58. The summed E-state index contributed by atoms with van der Waals surface area (Å²) in [6.07, 6.45) is 1.52. The molecule has 1 aromatic carbocycles. The van der Waals surface area contributed by atoms with E-state index in [1.54, 1.807) is 32.0 Å². The van der Waals surface area contributed by atoms with Crippen LogP contribution in [0, 0.1) is 16.0 Å². The van der Waals surface area contributed by atoms with Crippen molar-refractivity contribution in [2.24, 2.45) is 5.92 Å². The molecule has 0 N–H and O–H groups in total. The van der Waals surface area contributed by atoms with Crippen molar-refractivity contribution in [1.82, 2.24) is 0 Å². The minimum atomic E-state index is -0.371. The van der Waals surface area contributed by atoms with Crippen LogP contribution in [0.4, 0.5) is 0 Å². The molecule has 0 saturated carbocycles. The fraction of sp³-hybridized carbons (Fsp3) is 0.385. The van der Waals surface area contributed by atoms with Gasteiger partial charge in [-0.1, -0.05) is 26.0 Å². The Morgan fingerprint density at radius 1 is 1.33 bits per heavy atom. The van der Waals surface area contributed by atoms with Gasteiger partial charge in [0.25, 0.3) is 0 Å². The van der Waals surface area contributed by atoms with Gasteiger partial charge in [0, 0.05) is 17.6 Å². The van der Waals surface area contributed by atoms with Gasteiger partial charge < -0.3 is 9.47 Å². The van der Waals surface area contributed by atoms with E-state index in [9.17, 15) is 10.1 Å². The lowest BCUT2D eigenvalue weighted by molar-refractivity contribution is -0.431. The molecule has 0 spiro atoms. The highest BCUT2D eigenvalue weighted by molar-refractivity contribution is 5.63. The van der Waals surface area contributed by atoms with E-state index < -0.39 is 0 Å². The Bertz CT molecular complexity index is 466. The monoisotopic (exact) mass is 251 g/mol. The molecule has 0 bridgehead atoms. The van der Waals surface area contributed by atoms with Crippen LogP contribution in [0.2, 0.25) is 0 Å². The predicted octanol–water partition coefficient (Wildman–Crippen LogP) is 2.98. The van der Waals surface area contributed by atoms with Crippen molar-refractivity contribution in [1.29, 1.82) is 0 Å². The number of ether oxygens (including phenoxy) is 2. The predicted molar refractivity (Wildman–Crippen MR) is 69.4 cm³/mol. The van der Waals surface area contributed by atoms with Gasteiger partial charge in [-0.2, -0.15) is 0 Å². The molecule has 18 heavy (non-hydrogen) atoms. The van der Waals surface area contributed by atoms with E-state index >= 15 is 0 Å². The van der Waals surface area contributed by atoms with Crippen LogP contribution in [-0.2, 0) is 0 Å². The molecule has 0 saturated heterocycles. The van der Waals surface area contributed by atoms with Crippen LogP contribution in [0.5, 0.6) is 11.5 Å². The van der Waals surface area contributed by atoms with Crippen LogP contribution in [0.1, 0.15) is 19.4 Å². The molecule has 0 aromatic heterocycles. The number of hydrogen-bond donors (Lipinski definition) is 0. The zero-order valence-electron chi connectivity index (χ0n) is 11.0. The summed E-state index contributed by atoms with van der Waals surface area (Å²) in [6.45, 7) is 3.56. The summed E-state index contributed by atoms with van der Waals surface area (Å²) < 4.78 is 10.4. The molecule has 0 unspecified atom stereocenters. The second kappa shape index (κ2) is 6.05. The first-order valence-corrected chi connectivity index (χ1v) is 5.58. The summed E-state index contributed by atoms with van der Waals surface area (Å²) in [4.78, 5) is 10.6. The fourth-order valence-corrected chi connectivity index (χ4v) is 1.62. The molecule has 0 fully saturated rings. The zero-order chi connectivity index (χ0) is 13.7. The topological polar surface area (TPSA) is 61.6 Å². The van der Waals surface area contributed by atoms with Crippen molar-refractivity contribution < 1.29 is 14.4 Å². The molecule has 5 heteroatoms. The Hall–Kier alpha value is -2.04. The van der Waals surface area contributed by atoms with E-state index in [1.165, 1.54) is 20.3 Å². The van der Waals surface area contributed by atoms with Gasteiger partial charge in [-0.25, -0.2) is 0 Å². The highest BCUT2D eigenvalue weighted by atomic mass is 16.6. The van der Waals surface area contributed by atoms with Gasteiger partial charge in [-0.05, 0) is 6.07 Å². The molecule has 1 aromatic rings. The number of benzene rings is 1. The van der Waals surface area contributed by atoms with Crippen LogP contribution >= 0.6 is 0 Å². The van der Waals surface area contributed by atoms with E-state index in [1.807, 2.05) is 0 Å². The van der Waals surface area contributed by atoms with Crippen LogP contribution in [-0.4, -0.2) is 19.1 Å². The van der Waals surface area contributed by atoms with E-state index in [-0.39, 0.29) is 16.5 Å². The van der Waals surface area contributed by atoms with Gasteiger partial charge in [0.05, 0.1) is 19.1 Å². The summed E-state index contributed by atoms with van der Waals surface area (Å²) in [5.41, 5.74) is 0.777. The van der Waals surface area contributed by atoms with E-state index in [0.717, 1.165) is 0 Å². The Labute approximate surface area is 106 Å². The van der Waals surface area contributed by atoms with Crippen molar-refractivity contribution in [2.75, 3.05) is 14.2 Å². The van der Waals surface area contributed by atoms with Gasteiger partial charge in [-0.15, -0.1) is 0 Å². The number of methoxy groups -OCH3 is 2. The van der Waals surface area contributed by atoms with Crippen molar-refractivity contribution in [3.63, 3.8) is 0 Å². The molecule has 0 aliphatic carbocycles. The Morgan fingerprint density at radius 2 is 2.00 bits per heavy atom. The number of allylic oxidation sites excluding steroid dienone is 1. The van der Waals surface area contributed by atoms with Crippen LogP contribution in [0.25, 0.3) is 6.08 Å². The smallest absolute Gasteiger partial charge is 0.249 e. The third-order valence-corrected chi connectivity index (χ3v) is 2.54. The molecule has 0 amide bonds. The second-order valence-corrected chi connectivity index (χ2v) is 4.06. The lowest BCUT2D eigenvalue weighted by atomic mass is 10.1. The molecule has 0 atom stereocenters. The van der Waals surface area contributed by atoms with E-state index in [4.69, 9.17) is 9.47 Å². The molecule has 98 valence electrons. The summed E-state index contributed by atoms with van der Waals surface area (Å²) in [5, 5.41) is 11.0. The van der Waals surface area contributed by atoms with Gasteiger partial charge in [-0.3, -0.25) is 10.1 Å². The minimum Gasteiger partial charge on any atom is -0.493 e. The third-order valence-electron chi connectivity index (χ3n) is 2.54. The van der Waals surface area contributed by atoms with Gasteiger partial charge in [0.2, 0.25) is 5.70 Å². The molecule has 0 aliphatic rings. The number of hydrogen-bond acceptors (Lipinski definition) is 4. The molecule has 0 heterocycles. The minimum absolute atomic E-state index is 0.140. The highest BCUT2D eigenvalue weighted by Crippen LogP contribution is 2.32. The molecule has 5 nitrogen and oxygen atoms in total. The third kappa shape index (κ3) is 3.00. The Morgan fingerprint density at radius 3 is 2.44 bits per heavy atom. The average Bonchev–Trinajstić information content (AvgIpc) is 2.34. The maximum absolute atomic E-state index is 11.0. The fourth-order valence-electron chi connectivity index (χ4n) is 1.62. The standard InChI is InChI=1S/C13H17NO4/c1-9(2)11(14(15)16)8-10-6-5-7-12(17-3)13(10)18-4/h5-9H,1-4H3/b11-8-.